The van der Waals surface area contributed by atoms with Crippen LogP contribution in [0, 0.1) is 0 Å². The average molecular weight is 367 g/mol. The molecule has 1 aliphatic rings. The van der Waals surface area contributed by atoms with Crippen molar-refractivity contribution < 1.29 is 9.53 Å². The molecule has 2 aromatic rings. The minimum absolute atomic E-state index is 0.0252. The van der Waals surface area contributed by atoms with Crippen molar-refractivity contribution in [3.63, 3.8) is 0 Å². The fourth-order valence-electron chi connectivity index (χ4n) is 3.39. The molecule has 0 radical (unpaired) electrons. The molecule has 1 aliphatic heterocycles. The summed E-state index contributed by atoms with van der Waals surface area (Å²) in [5.74, 6) is 0.879. The van der Waals surface area contributed by atoms with Gasteiger partial charge < -0.3 is 14.5 Å². The number of pyridine rings is 1. The van der Waals surface area contributed by atoms with Gasteiger partial charge in [0.15, 0.2) is 0 Å². The Morgan fingerprint density at radius 2 is 1.89 bits per heavy atom. The highest BCUT2D eigenvalue weighted by Crippen LogP contribution is 2.33. The molecule has 3 rings (SSSR count). The number of benzene rings is 1. The summed E-state index contributed by atoms with van der Waals surface area (Å²) in [7, 11) is 2.00. The largest absolute Gasteiger partial charge is 0.444 e. The molecule has 1 atom stereocenters. The predicted octanol–water partition coefficient (Wildman–Crippen LogP) is 5.31. The van der Waals surface area contributed by atoms with Gasteiger partial charge in [0.1, 0.15) is 11.4 Å². The Bertz CT molecular complexity index is 753. The molecule has 1 saturated heterocycles. The molecule has 5 nitrogen and oxygen atoms in total. The molecule has 0 spiro atoms. The maximum absolute atomic E-state index is 12.6. The van der Waals surface area contributed by atoms with E-state index >= 15 is 0 Å². The Hall–Kier alpha value is -2.56. The molecule has 5 heteroatoms. The highest BCUT2D eigenvalue weighted by molar-refractivity contribution is 5.69. The minimum atomic E-state index is -0.487. The lowest BCUT2D eigenvalue weighted by Gasteiger charge is -2.37. The number of anilines is 2. The molecule has 1 aromatic carbocycles. The molecule has 1 unspecified atom stereocenters. The predicted molar refractivity (Wildman–Crippen MR) is 108 cm³/mol. The Morgan fingerprint density at radius 3 is 2.52 bits per heavy atom. The van der Waals surface area contributed by atoms with Crippen LogP contribution in [-0.2, 0) is 4.74 Å². The van der Waals surface area contributed by atoms with Crippen molar-refractivity contribution >= 4 is 17.6 Å². The Balaban J connectivity index is 1.77. The number of para-hydroxylation sites is 1. The van der Waals surface area contributed by atoms with E-state index in [4.69, 9.17) is 4.74 Å². The van der Waals surface area contributed by atoms with Crippen LogP contribution >= 0.6 is 0 Å². The first-order chi connectivity index (χ1) is 12.8. The highest BCUT2D eigenvalue weighted by atomic mass is 16.6. The second-order valence-corrected chi connectivity index (χ2v) is 8.03. The van der Waals surface area contributed by atoms with E-state index in [-0.39, 0.29) is 12.1 Å². The number of hydrogen-bond acceptors (Lipinski definition) is 4. The van der Waals surface area contributed by atoms with Crippen molar-refractivity contribution in [2.24, 2.45) is 0 Å². The van der Waals surface area contributed by atoms with E-state index < -0.39 is 5.60 Å². The number of likely N-dealkylation sites (tertiary alicyclic amines) is 1. The molecule has 27 heavy (non-hydrogen) atoms. The van der Waals surface area contributed by atoms with Crippen LogP contribution in [0.5, 0.6) is 0 Å². The average Bonchev–Trinajstić information content (AvgIpc) is 2.67. The maximum Gasteiger partial charge on any atom is 0.410 e. The van der Waals surface area contributed by atoms with Crippen LogP contribution in [0.3, 0.4) is 0 Å². The molecule has 0 aliphatic carbocycles. The Labute approximate surface area is 162 Å². The standard InChI is InChI=1S/C22H29N3O2/c1-22(2,3)27-21(26)25-15-9-8-12-19(25)17-13-14-20(23-16-17)24(4)18-10-6-5-7-11-18/h5-7,10-11,13-14,16,19H,8-9,12,15H2,1-4H3. The van der Waals surface area contributed by atoms with E-state index in [1.54, 1.807) is 0 Å². The zero-order chi connectivity index (χ0) is 19.4. The summed E-state index contributed by atoms with van der Waals surface area (Å²) in [5, 5.41) is 0. The van der Waals surface area contributed by atoms with Crippen molar-refractivity contribution in [3.8, 4) is 0 Å². The summed E-state index contributed by atoms with van der Waals surface area (Å²) in [6, 6.07) is 14.3. The minimum Gasteiger partial charge on any atom is -0.444 e. The number of amides is 1. The fourth-order valence-corrected chi connectivity index (χ4v) is 3.39. The van der Waals surface area contributed by atoms with Crippen molar-refractivity contribution in [2.45, 2.75) is 51.7 Å². The number of nitrogens with zero attached hydrogens (tertiary/aromatic N) is 3. The van der Waals surface area contributed by atoms with Gasteiger partial charge in [-0.1, -0.05) is 24.3 Å². The van der Waals surface area contributed by atoms with Crippen molar-refractivity contribution in [3.05, 3.63) is 54.2 Å². The summed E-state index contributed by atoms with van der Waals surface area (Å²) < 4.78 is 5.61. The number of carbonyl (C=O) groups is 1. The number of rotatable bonds is 3. The van der Waals surface area contributed by atoms with Gasteiger partial charge in [0.25, 0.3) is 0 Å². The third-order valence-electron chi connectivity index (χ3n) is 4.77. The van der Waals surface area contributed by atoms with Gasteiger partial charge in [0, 0.05) is 25.5 Å². The zero-order valence-electron chi connectivity index (χ0n) is 16.7. The monoisotopic (exact) mass is 367 g/mol. The van der Waals surface area contributed by atoms with Gasteiger partial charge >= 0.3 is 6.09 Å². The molecule has 1 fully saturated rings. The van der Waals surface area contributed by atoms with Crippen molar-refractivity contribution in [1.29, 1.82) is 0 Å². The van der Waals surface area contributed by atoms with Gasteiger partial charge in [0.2, 0.25) is 0 Å². The third-order valence-corrected chi connectivity index (χ3v) is 4.77. The van der Waals surface area contributed by atoms with E-state index in [2.05, 4.69) is 28.1 Å². The number of hydrogen-bond donors (Lipinski definition) is 0. The first-order valence-corrected chi connectivity index (χ1v) is 9.59. The SMILES string of the molecule is CN(c1ccccc1)c1ccc(C2CCCCN2C(=O)OC(C)(C)C)cn1. The Kier molecular flexibility index (Phi) is 5.68. The quantitative estimate of drug-likeness (QED) is 0.737. The summed E-state index contributed by atoms with van der Waals surface area (Å²) in [5.41, 5.74) is 1.66. The summed E-state index contributed by atoms with van der Waals surface area (Å²) in [6.07, 6.45) is 4.71. The van der Waals surface area contributed by atoms with Crippen LogP contribution in [0.1, 0.15) is 51.6 Å². The van der Waals surface area contributed by atoms with Crippen molar-refractivity contribution in [2.75, 3.05) is 18.5 Å². The summed E-state index contributed by atoms with van der Waals surface area (Å²) >= 11 is 0. The lowest BCUT2D eigenvalue weighted by molar-refractivity contribution is 0.00948. The van der Waals surface area contributed by atoms with Crippen LogP contribution in [-0.4, -0.2) is 35.2 Å². The summed E-state index contributed by atoms with van der Waals surface area (Å²) in [4.78, 5) is 21.2. The number of carbonyl (C=O) groups excluding carboxylic acids is 1. The van der Waals surface area contributed by atoms with Gasteiger partial charge in [-0.2, -0.15) is 0 Å². The first-order valence-electron chi connectivity index (χ1n) is 9.59. The number of aromatic nitrogens is 1. The number of ether oxygens (including phenoxy) is 1. The Morgan fingerprint density at radius 1 is 1.15 bits per heavy atom. The van der Waals surface area contributed by atoms with Crippen LogP contribution in [0.2, 0.25) is 0 Å². The third kappa shape index (κ3) is 4.79. The molecule has 0 N–H and O–H groups in total. The molecule has 0 saturated carbocycles. The first kappa shape index (κ1) is 19.2. The van der Waals surface area contributed by atoms with Gasteiger partial charge in [-0.25, -0.2) is 9.78 Å². The summed E-state index contributed by atoms with van der Waals surface area (Å²) in [6.45, 7) is 6.43. The van der Waals surface area contributed by atoms with E-state index in [1.165, 1.54) is 0 Å². The highest BCUT2D eigenvalue weighted by Gasteiger charge is 2.31. The van der Waals surface area contributed by atoms with Crippen molar-refractivity contribution in [1.82, 2.24) is 9.88 Å². The molecule has 144 valence electrons. The van der Waals surface area contributed by atoms with E-state index in [0.29, 0.717) is 0 Å². The van der Waals surface area contributed by atoms with Crippen LogP contribution in [0.25, 0.3) is 0 Å². The van der Waals surface area contributed by atoms with Crippen LogP contribution in [0.4, 0.5) is 16.3 Å². The molecular weight excluding hydrogens is 338 g/mol. The zero-order valence-corrected chi connectivity index (χ0v) is 16.7. The van der Waals surface area contributed by atoms with Crippen LogP contribution < -0.4 is 4.90 Å². The van der Waals surface area contributed by atoms with E-state index in [9.17, 15) is 4.79 Å². The topological polar surface area (TPSA) is 45.7 Å². The number of piperidine rings is 1. The molecule has 2 heterocycles. The normalized spacial score (nSPS) is 17.5. The van der Waals surface area contributed by atoms with Gasteiger partial charge in [-0.05, 0) is 63.8 Å². The molecule has 0 bridgehead atoms. The van der Waals surface area contributed by atoms with Gasteiger partial charge in [-0.3, -0.25) is 0 Å². The van der Waals surface area contributed by atoms with E-state index in [1.807, 2.05) is 63.2 Å². The molecular formula is C22H29N3O2. The second kappa shape index (κ2) is 7.99. The van der Waals surface area contributed by atoms with Gasteiger partial charge in [0.05, 0.1) is 6.04 Å². The fraction of sp³-hybridized carbons (Fsp3) is 0.455. The molecule has 1 aromatic heterocycles. The van der Waals surface area contributed by atoms with E-state index in [0.717, 1.165) is 42.9 Å². The van der Waals surface area contributed by atoms with Crippen LogP contribution in [0.15, 0.2) is 48.7 Å². The smallest absolute Gasteiger partial charge is 0.410 e. The molecule has 1 amide bonds. The second-order valence-electron chi connectivity index (χ2n) is 8.03. The lowest BCUT2D eigenvalue weighted by atomic mass is 9.97. The lowest BCUT2D eigenvalue weighted by Crippen LogP contribution is -2.41. The van der Waals surface area contributed by atoms with Gasteiger partial charge in [-0.15, -0.1) is 0 Å². The maximum atomic E-state index is 12.6.